The van der Waals surface area contributed by atoms with Gasteiger partial charge in [-0.25, -0.2) is 4.98 Å². The standard InChI is InChI=1S/C20H26ClN3O2/c1-2-26-18-7-5-16(6-8-18)14-23-11-12-24(15-17(23)9-13-25)20-19(21)4-3-10-22-20/h3-8,10,17,25H,2,9,11-15H2,1H3. The van der Waals surface area contributed by atoms with Crippen molar-refractivity contribution in [2.75, 3.05) is 37.7 Å². The summed E-state index contributed by atoms with van der Waals surface area (Å²) in [5, 5.41) is 10.2. The molecule has 0 spiro atoms. The van der Waals surface area contributed by atoms with Gasteiger partial charge in [-0.3, -0.25) is 4.90 Å². The summed E-state index contributed by atoms with van der Waals surface area (Å²) in [6.07, 6.45) is 2.51. The summed E-state index contributed by atoms with van der Waals surface area (Å²) in [6.45, 7) is 6.29. The highest BCUT2D eigenvalue weighted by atomic mass is 35.5. The molecular formula is C20H26ClN3O2. The van der Waals surface area contributed by atoms with Crippen LogP contribution in [0.4, 0.5) is 5.82 Å². The number of ether oxygens (including phenoxy) is 1. The smallest absolute Gasteiger partial charge is 0.147 e. The Morgan fingerprint density at radius 1 is 1.23 bits per heavy atom. The molecule has 2 heterocycles. The first-order valence-corrected chi connectivity index (χ1v) is 9.51. The van der Waals surface area contributed by atoms with Crippen molar-refractivity contribution in [1.82, 2.24) is 9.88 Å². The average Bonchev–Trinajstić information content (AvgIpc) is 2.66. The number of benzene rings is 1. The summed E-state index contributed by atoms with van der Waals surface area (Å²) in [4.78, 5) is 9.08. The molecule has 26 heavy (non-hydrogen) atoms. The molecule has 1 unspecified atom stereocenters. The molecule has 1 fully saturated rings. The molecule has 1 atom stereocenters. The van der Waals surface area contributed by atoms with Crippen LogP contribution < -0.4 is 9.64 Å². The second-order valence-electron chi connectivity index (χ2n) is 6.47. The van der Waals surface area contributed by atoms with Gasteiger partial charge in [0.25, 0.3) is 0 Å². The van der Waals surface area contributed by atoms with Gasteiger partial charge in [-0.2, -0.15) is 0 Å². The van der Waals surface area contributed by atoms with Crippen LogP contribution in [-0.2, 0) is 6.54 Å². The zero-order chi connectivity index (χ0) is 18.4. The lowest BCUT2D eigenvalue weighted by atomic mass is 10.1. The van der Waals surface area contributed by atoms with E-state index in [-0.39, 0.29) is 12.6 Å². The van der Waals surface area contributed by atoms with E-state index < -0.39 is 0 Å². The molecule has 5 nitrogen and oxygen atoms in total. The molecule has 1 aliphatic heterocycles. The minimum atomic E-state index is 0.175. The Labute approximate surface area is 160 Å². The Bertz CT molecular complexity index is 696. The van der Waals surface area contributed by atoms with Gasteiger partial charge in [0.05, 0.1) is 11.6 Å². The van der Waals surface area contributed by atoms with E-state index in [9.17, 15) is 5.11 Å². The lowest BCUT2D eigenvalue weighted by Gasteiger charge is -2.42. The number of rotatable bonds is 7. The first kappa shape index (κ1) is 19.0. The maximum absolute atomic E-state index is 9.51. The monoisotopic (exact) mass is 375 g/mol. The Morgan fingerprint density at radius 2 is 2.04 bits per heavy atom. The Hall–Kier alpha value is -1.82. The third-order valence-corrected chi connectivity index (χ3v) is 5.02. The Balaban J connectivity index is 1.67. The topological polar surface area (TPSA) is 48.8 Å². The van der Waals surface area contributed by atoms with Crippen LogP contribution in [0.25, 0.3) is 0 Å². The summed E-state index contributed by atoms with van der Waals surface area (Å²) < 4.78 is 5.51. The maximum Gasteiger partial charge on any atom is 0.147 e. The zero-order valence-electron chi connectivity index (χ0n) is 15.1. The number of aliphatic hydroxyl groups is 1. The second-order valence-corrected chi connectivity index (χ2v) is 6.88. The van der Waals surface area contributed by atoms with Crippen molar-refractivity contribution in [2.45, 2.75) is 25.9 Å². The number of nitrogens with zero attached hydrogens (tertiary/aromatic N) is 3. The van der Waals surface area contributed by atoms with Gasteiger partial charge in [-0.1, -0.05) is 23.7 Å². The minimum absolute atomic E-state index is 0.175. The predicted octanol–water partition coefficient (Wildman–Crippen LogP) is 3.21. The average molecular weight is 376 g/mol. The van der Waals surface area contributed by atoms with Gasteiger partial charge in [-0.15, -0.1) is 0 Å². The van der Waals surface area contributed by atoms with E-state index in [0.717, 1.165) is 44.2 Å². The van der Waals surface area contributed by atoms with Gasteiger partial charge < -0.3 is 14.7 Å². The number of aromatic nitrogens is 1. The van der Waals surface area contributed by atoms with Gasteiger partial charge >= 0.3 is 0 Å². The SMILES string of the molecule is CCOc1ccc(CN2CCN(c3ncccc3Cl)CC2CCO)cc1. The summed E-state index contributed by atoms with van der Waals surface area (Å²) >= 11 is 6.31. The number of piperazine rings is 1. The summed E-state index contributed by atoms with van der Waals surface area (Å²) in [6, 6.07) is 12.2. The number of hydrogen-bond acceptors (Lipinski definition) is 5. The van der Waals surface area contributed by atoms with Gasteiger partial charge in [0.2, 0.25) is 0 Å². The van der Waals surface area contributed by atoms with E-state index in [1.165, 1.54) is 5.56 Å². The Kier molecular flexibility index (Phi) is 6.72. The Morgan fingerprint density at radius 3 is 2.73 bits per heavy atom. The molecule has 1 aromatic heterocycles. The first-order chi connectivity index (χ1) is 12.7. The van der Waals surface area contributed by atoms with Crippen LogP contribution in [0.15, 0.2) is 42.6 Å². The zero-order valence-corrected chi connectivity index (χ0v) is 15.9. The third-order valence-electron chi connectivity index (χ3n) is 4.73. The fourth-order valence-electron chi connectivity index (χ4n) is 3.42. The first-order valence-electron chi connectivity index (χ1n) is 9.13. The van der Waals surface area contributed by atoms with Crippen molar-refractivity contribution in [3.05, 3.63) is 53.2 Å². The number of hydrogen-bond donors (Lipinski definition) is 1. The molecule has 2 aromatic rings. The van der Waals surface area contributed by atoms with Crippen LogP contribution in [0.5, 0.6) is 5.75 Å². The van der Waals surface area contributed by atoms with E-state index in [2.05, 4.69) is 26.9 Å². The normalized spacial score (nSPS) is 18.1. The largest absolute Gasteiger partial charge is 0.494 e. The van der Waals surface area contributed by atoms with Crippen molar-refractivity contribution in [2.24, 2.45) is 0 Å². The van der Waals surface area contributed by atoms with Crippen LogP contribution in [0.3, 0.4) is 0 Å². The van der Waals surface area contributed by atoms with Gasteiger partial charge in [-0.05, 0) is 43.2 Å². The molecule has 140 valence electrons. The van der Waals surface area contributed by atoms with Gasteiger partial charge in [0, 0.05) is 45.0 Å². The molecule has 1 aromatic carbocycles. The molecule has 0 bridgehead atoms. The number of aliphatic hydroxyl groups excluding tert-OH is 1. The number of pyridine rings is 1. The van der Waals surface area contributed by atoms with Crippen molar-refractivity contribution in [1.29, 1.82) is 0 Å². The van der Waals surface area contributed by atoms with E-state index in [4.69, 9.17) is 16.3 Å². The van der Waals surface area contributed by atoms with Crippen molar-refractivity contribution in [3.63, 3.8) is 0 Å². The van der Waals surface area contributed by atoms with Crippen LogP contribution in [-0.4, -0.2) is 53.9 Å². The van der Waals surface area contributed by atoms with E-state index in [0.29, 0.717) is 11.6 Å². The minimum Gasteiger partial charge on any atom is -0.494 e. The highest BCUT2D eigenvalue weighted by Crippen LogP contribution is 2.26. The molecule has 6 heteroatoms. The molecular weight excluding hydrogens is 350 g/mol. The number of anilines is 1. The summed E-state index contributed by atoms with van der Waals surface area (Å²) in [5.41, 5.74) is 1.25. The van der Waals surface area contributed by atoms with E-state index >= 15 is 0 Å². The van der Waals surface area contributed by atoms with E-state index in [1.807, 2.05) is 31.2 Å². The van der Waals surface area contributed by atoms with E-state index in [1.54, 1.807) is 6.20 Å². The molecule has 1 N–H and O–H groups in total. The number of halogens is 1. The molecule has 1 aliphatic rings. The van der Waals surface area contributed by atoms with Crippen LogP contribution in [0, 0.1) is 0 Å². The third kappa shape index (κ3) is 4.67. The second kappa shape index (κ2) is 9.21. The quantitative estimate of drug-likeness (QED) is 0.805. The highest BCUT2D eigenvalue weighted by Gasteiger charge is 2.28. The lowest BCUT2D eigenvalue weighted by molar-refractivity contribution is 0.135. The molecule has 0 radical (unpaired) electrons. The van der Waals surface area contributed by atoms with Crippen molar-refractivity contribution >= 4 is 17.4 Å². The van der Waals surface area contributed by atoms with Gasteiger partial charge in [0.15, 0.2) is 0 Å². The van der Waals surface area contributed by atoms with Crippen LogP contribution in [0.1, 0.15) is 18.9 Å². The predicted molar refractivity (Wildman–Crippen MR) is 105 cm³/mol. The lowest BCUT2D eigenvalue weighted by Crippen LogP contribution is -2.53. The van der Waals surface area contributed by atoms with Crippen LogP contribution >= 0.6 is 11.6 Å². The highest BCUT2D eigenvalue weighted by molar-refractivity contribution is 6.32. The van der Waals surface area contributed by atoms with Crippen molar-refractivity contribution < 1.29 is 9.84 Å². The fraction of sp³-hybridized carbons (Fsp3) is 0.450. The molecule has 0 amide bonds. The molecule has 0 saturated carbocycles. The summed E-state index contributed by atoms with van der Waals surface area (Å²) in [5.74, 6) is 1.73. The maximum atomic E-state index is 9.51. The van der Waals surface area contributed by atoms with Gasteiger partial charge in [0.1, 0.15) is 11.6 Å². The molecule has 3 rings (SSSR count). The van der Waals surface area contributed by atoms with Crippen LogP contribution in [0.2, 0.25) is 5.02 Å². The molecule has 0 aliphatic carbocycles. The van der Waals surface area contributed by atoms with Crippen molar-refractivity contribution in [3.8, 4) is 5.75 Å². The fourth-order valence-corrected chi connectivity index (χ4v) is 3.66. The summed E-state index contributed by atoms with van der Waals surface area (Å²) in [7, 11) is 0. The molecule has 1 saturated heterocycles.